The van der Waals surface area contributed by atoms with Gasteiger partial charge in [-0.1, -0.05) is 6.07 Å². The van der Waals surface area contributed by atoms with E-state index < -0.39 is 0 Å². The maximum atomic E-state index is 4.54. The molecule has 3 nitrogen and oxygen atoms in total. The average molecular weight is 247 g/mol. The molecule has 0 amide bonds. The zero-order chi connectivity index (χ0) is 12.3. The molecule has 2 heterocycles. The SMILES string of the molecule is CNC(Cc1nccs1)c1ncc(C)cc1C. The molecule has 0 spiro atoms. The van der Waals surface area contributed by atoms with Crippen molar-refractivity contribution in [3.05, 3.63) is 45.7 Å². The molecule has 0 fully saturated rings. The van der Waals surface area contributed by atoms with Gasteiger partial charge in [0.15, 0.2) is 0 Å². The first-order valence-corrected chi connectivity index (χ1v) is 6.57. The van der Waals surface area contributed by atoms with Crippen molar-refractivity contribution in [1.82, 2.24) is 15.3 Å². The zero-order valence-corrected chi connectivity index (χ0v) is 11.2. The Labute approximate surface area is 106 Å². The number of thiazole rings is 1. The third-order valence-corrected chi connectivity index (χ3v) is 3.60. The first kappa shape index (κ1) is 12.2. The summed E-state index contributed by atoms with van der Waals surface area (Å²) < 4.78 is 0. The van der Waals surface area contributed by atoms with Gasteiger partial charge in [0.25, 0.3) is 0 Å². The Hall–Kier alpha value is -1.26. The van der Waals surface area contributed by atoms with Gasteiger partial charge >= 0.3 is 0 Å². The van der Waals surface area contributed by atoms with Crippen molar-refractivity contribution in [2.75, 3.05) is 7.05 Å². The highest BCUT2D eigenvalue weighted by atomic mass is 32.1. The number of nitrogens with zero attached hydrogens (tertiary/aromatic N) is 2. The van der Waals surface area contributed by atoms with Gasteiger partial charge in [-0.3, -0.25) is 4.98 Å². The molecule has 4 heteroatoms. The lowest BCUT2D eigenvalue weighted by Crippen LogP contribution is -2.21. The average Bonchev–Trinajstić information content (AvgIpc) is 2.79. The Kier molecular flexibility index (Phi) is 3.86. The number of hydrogen-bond acceptors (Lipinski definition) is 4. The standard InChI is InChI=1S/C13H17N3S/c1-9-6-10(2)13(16-8-9)11(14-3)7-12-15-4-5-17-12/h4-6,8,11,14H,7H2,1-3H3. The second kappa shape index (κ2) is 5.38. The highest BCUT2D eigenvalue weighted by Gasteiger charge is 2.15. The van der Waals surface area contributed by atoms with E-state index in [1.54, 1.807) is 11.3 Å². The molecule has 1 unspecified atom stereocenters. The second-order valence-corrected chi connectivity index (χ2v) is 5.17. The van der Waals surface area contributed by atoms with Crippen molar-refractivity contribution in [3.63, 3.8) is 0 Å². The van der Waals surface area contributed by atoms with Crippen molar-refractivity contribution in [1.29, 1.82) is 0 Å². The second-order valence-electron chi connectivity index (χ2n) is 4.19. The molecule has 2 aromatic rings. The van der Waals surface area contributed by atoms with Crippen LogP contribution in [-0.4, -0.2) is 17.0 Å². The summed E-state index contributed by atoms with van der Waals surface area (Å²) in [4.78, 5) is 8.87. The molecule has 17 heavy (non-hydrogen) atoms. The Balaban J connectivity index is 2.23. The predicted octanol–water partition coefficient (Wildman–Crippen LogP) is 2.66. The van der Waals surface area contributed by atoms with Crippen LogP contribution in [0.2, 0.25) is 0 Å². The van der Waals surface area contributed by atoms with Crippen LogP contribution in [0.4, 0.5) is 0 Å². The molecule has 0 aliphatic heterocycles. The Bertz CT molecular complexity index is 479. The lowest BCUT2D eigenvalue weighted by atomic mass is 10.0. The van der Waals surface area contributed by atoms with Crippen LogP contribution in [0, 0.1) is 13.8 Å². The van der Waals surface area contributed by atoms with E-state index in [-0.39, 0.29) is 6.04 Å². The van der Waals surface area contributed by atoms with Crippen LogP contribution in [0.5, 0.6) is 0 Å². The first-order chi connectivity index (χ1) is 8.20. The van der Waals surface area contributed by atoms with Crippen molar-refractivity contribution in [3.8, 4) is 0 Å². The fourth-order valence-electron chi connectivity index (χ4n) is 1.95. The van der Waals surface area contributed by atoms with E-state index >= 15 is 0 Å². The lowest BCUT2D eigenvalue weighted by molar-refractivity contribution is 0.570. The summed E-state index contributed by atoms with van der Waals surface area (Å²) in [5.74, 6) is 0. The van der Waals surface area contributed by atoms with Crippen LogP contribution in [0.25, 0.3) is 0 Å². The fraction of sp³-hybridized carbons (Fsp3) is 0.385. The highest BCUT2D eigenvalue weighted by molar-refractivity contribution is 7.09. The van der Waals surface area contributed by atoms with Crippen LogP contribution in [0.15, 0.2) is 23.8 Å². The van der Waals surface area contributed by atoms with E-state index in [9.17, 15) is 0 Å². The van der Waals surface area contributed by atoms with Crippen LogP contribution in [0.1, 0.15) is 27.9 Å². The molecule has 2 rings (SSSR count). The Morgan fingerprint density at radius 1 is 1.35 bits per heavy atom. The summed E-state index contributed by atoms with van der Waals surface area (Å²) in [6.07, 6.45) is 4.67. The van der Waals surface area contributed by atoms with Crippen molar-refractivity contribution in [2.24, 2.45) is 0 Å². The van der Waals surface area contributed by atoms with Gasteiger partial charge < -0.3 is 5.32 Å². The minimum atomic E-state index is 0.238. The van der Waals surface area contributed by atoms with Crippen molar-refractivity contribution >= 4 is 11.3 Å². The summed E-state index contributed by atoms with van der Waals surface area (Å²) in [5, 5.41) is 6.48. The van der Waals surface area contributed by atoms with Gasteiger partial charge in [-0.2, -0.15) is 0 Å². The van der Waals surface area contributed by atoms with E-state index in [1.807, 2.05) is 24.8 Å². The van der Waals surface area contributed by atoms with Crippen LogP contribution >= 0.6 is 11.3 Å². The molecule has 1 atom stereocenters. The molecule has 90 valence electrons. The topological polar surface area (TPSA) is 37.8 Å². The number of aromatic nitrogens is 2. The van der Waals surface area contributed by atoms with Gasteiger partial charge in [-0.05, 0) is 32.0 Å². The highest BCUT2D eigenvalue weighted by Crippen LogP contribution is 2.21. The molecule has 1 N–H and O–H groups in total. The number of aryl methyl sites for hydroxylation is 2. The molecule has 0 aliphatic rings. The van der Waals surface area contributed by atoms with Crippen LogP contribution in [0.3, 0.4) is 0 Å². The summed E-state index contributed by atoms with van der Waals surface area (Å²) in [6, 6.07) is 2.41. The van der Waals surface area contributed by atoms with Gasteiger partial charge in [-0.15, -0.1) is 11.3 Å². The van der Waals surface area contributed by atoms with Crippen molar-refractivity contribution < 1.29 is 0 Å². The minimum absolute atomic E-state index is 0.238. The smallest absolute Gasteiger partial charge is 0.0944 e. The third kappa shape index (κ3) is 2.90. The maximum absolute atomic E-state index is 4.54. The number of rotatable bonds is 4. The maximum Gasteiger partial charge on any atom is 0.0944 e. The molecule has 0 bridgehead atoms. The van der Waals surface area contributed by atoms with Gasteiger partial charge in [0.05, 0.1) is 16.7 Å². The number of pyridine rings is 1. The fourth-order valence-corrected chi connectivity index (χ4v) is 2.62. The molecule has 0 radical (unpaired) electrons. The molecule has 0 saturated heterocycles. The third-order valence-electron chi connectivity index (χ3n) is 2.80. The van der Waals surface area contributed by atoms with Gasteiger partial charge in [0, 0.05) is 24.2 Å². The first-order valence-electron chi connectivity index (χ1n) is 5.69. The summed E-state index contributed by atoms with van der Waals surface area (Å²) in [7, 11) is 1.97. The lowest BCUT2D eigenvalue weighted by Gasteiger charge is -2.16. The molecule has 0 aliphatic carbocycles. The number of hydrogen-bond donors (Lipinski definition) is 1. The number of likely N-dealkylation sites (N-methyl/N-ethyl adjacent to an activating group) is 1. The van der Waals surface area contributed by atoms with E-state index in [4.69, 9.17) is 0 Å². The predicted molar refractivity (Wildman–Crippen MR) is 71.3 cm³/mol. The molecule has 0 saturated carbocycles. The number of nitrogens with one attached hydrogen (secondary N) is 1. The largest absolute Gasteiger partial charge is 0.311 e. The van der Waals surface area contributed by atoms with Crippen molar-refractivity contribution in [2.45, 2.75) is 26.3 Å². The van der Waals surface area contributed by atoms with Gasteiger partial charge in [0.1, 0.15) is 0 Å². The molecule has 2 aromatic heterocycles. The molecular formula is C13H17N3S. The normalized spacial score (nSPS) is 12.6. The Morgan fingerprint density at radius 3 is 2.76 bits per heavy atom. The van der Waals surface area contributed by atoms with Gasteiger partial charge in [0.2, 0.25) is 0 Å². The quantitative estimate of drug-likeness (QED) is 0.902. The summed E-state index contributed by atoms with van der Waals surface area (Å²) >= 11 is 1.69. The van der Waals surface area contributed by atoms with Gasteiger partial charge in [-0.25, -0.2) is 4.98 Å². The zero-order valence-electron chi connectivity index (χ0n) is 10.4. The van der Waals surface area contributed by atoms with E-state index in [0.717, 1.165) is 17.1 Å². The molecule has 0 aromatic carbocycles. The minimum Gasteiger partial charge on any atom is -0.311 e. The monoisotopic (exact) mass is 247 g/mol. The van der Waals surface area contributed by atoms with Crippen LogP contribution in [-0.2, 0) is 6.42 Å². The van der Waals surface area contributed by atoms with E-state index in [0.29, 0.717) is 0 Å². The van der Waals surface area contributed by atoms with E-state index in [1.165, 1.54) is 11.1 Å². The van der Waals surface area contributed by atoms with E-state index in [2.05, 4.69) is 35.2 Å². The Morgan fingerprint density at radius 2 is 2.18 bits per heavy atom. The molecular weight excluding hydrogens is 230 g/mol. The summed E-state index contributed by atoms with van der Waals surface area (Å²) in [5.41, 5.74) is 3.56. The summed E-state index contributed by atoms with van der Waals surface area (Å²) in [6.45, 7) is 4.18. The van der Waals surface area contributed by atoms with Crippen LogP contribution < -0.4 is 5.32 Å².